The van der Waals surface area contributed by atoms with Gasteiger partial charge in [-0.15, -0.1) is 0 Å². The molecule has 8 heteroatoms. The lowest BCUT2D eigenvalue weighted by Crippen LogP contribution is -2.50. The summed E-state index contributed by atoms with van der Waals surface area (Å²) in [5.41, 5.74) is 6.12. The molecular formula is C27H32N6O2. The van der Waals surface area contributed by atoms with Crippen LogP contribution in [0.25, 0.3) is 17.2 Å². The van der Waals surface area contributed by atoms with Crippen molar-refractivity contribution in [3.63, 3.8) is 0 Å². The molecule has 2 fully saturated rings. The first-order valence-electron chi connectivity index (χ1n) is 12.7. The molecule has 182 valence electrons. The minimum absolute atomic E-state index is 0.0805. The van der Waals surface area contributed by atoms with E-state index in [1.807, 2.05) is 21.8 Å². The van der Waals surface area contributed by atoms with Crippen LogP contribution < -0.4 is 4.74 Å². The van der Waals surface area contributed by atoms with Gasteiger partial charge in [0.15, 0.2) is 0 Å². The van der Waals surface area contributed by atoms with Crippen molar-refractivity contribution in [2.75, 3.05) is 33.3 Å². The van der Waals surface area contributed by atoms with E-state index in [1.165, 1.54) is 5.56 Å². The molecule has 35 heavy (non-hydrogen) atoms. The highest BCUT2D eigenvalue weighted by Crippen LogP contribution is 2.43. The predicted octanol–water partition coefficient (Wildman–Crippen LogP) is 3.48. The zero-order valence-electron chi connectivity index (χ0n) is 20.7. The molecule has 2 aliphatic carbocycles. The first-order chi connectivity index (χ1) is 17.0. The summed E-state index contributed by atoms with van der Waals surface area (Å²) in [4.78, 5) is 27.6. The van der Waals surface area contributed by atoms with Crippen LogP contribution in [0.1, 0.15) is 59.8 Å². The summed E-state index contributed by atoms with van der Waals surface area (Å²) in [6, 6.07) is 6.66. The van der Waals surface area contributed by atoms with E-state index in [1.54, 1.807) is 13.3 Å². The molecule has 0 spiro atoms. The molecule has 0 atom stereocenters. The van der Waals surface area contributed by atoms with E-state index in [0.717, 1.165) is 80.1 Å². The number of ether oxygens (including phenoxy) is 1. The number of methoxy groups -OCH3 is 1. The molecule has 1 aromatic carbocycles. The quantitative estimate of drug-likeness (QED) is 0.566. The Kier molecular flexibility index (Phi) is 5.56. The van der Waals surface area contributed by atoms with Gasteiger partial charge in [-0.2, -0.15) is 5.10 Å². The Hall–Kier alpha value is -3.26. The summed E-state index contributed by atoms with van der Waals surface area (Å²) in [6.45, 7) is 7.74. The van der Waals surface area contributed by atoms with Crippen molar-refractivity contribution in [2.24, 2.45) is 0 Å². The molecule has 1 saturated heterocycles. The van der Waals surface area contributed by atoms with Gasteiger partial charge in [0.05, 0.1) is 30.3 Å². The zero-order valence-corrected chi connectivity index (χ0v) is 20.7. The predicted molar refractivity (Wildman–Crippen MR) is 133 cm³/mol. The van der Waals surface area contributed by atoms with Crippen molar-refractivity contribution in [1.29, 1.82) is 0 Å². The molecule has 8 nitrogen and oxygen atoms in total. The third kappa shape index (κ3) is 3.99. The number of hydrogen-bond acceptors (Lipinski definition) is 6. The van der Waals surface area contributed by atoms with Gasteiger partial charge in [-0.3, -0.25) is 9.69 Å². The van der Waals surface area contributed by atoms with Crippen LogP contribution in [0, 0.1) is 0 Å². The highest BCUT2D eigenvalue weighted by molar-refractivity contribution is 5.95. The minimum atomic E-state index is 0.0805. The van der Waals surface area contributed by atoms with Crippen molar-refractivity contribution in [2.45, 2.75) is 51.5 Å². The molecule has 0 bridgehead atoms. The maximum absolute atomic E-state index is 13.5. The number of hydrogen-bond donors (Lipinski definition) is 0. The first kappa shape index (κ1) is 22.2. The third-order valence-electron chi connectivity index (χ3n) is 7.61. The monoisotopic (exact) mass is 472 g/mol. The molecule has 3 heterocycles. The molecule has 1 saturated carbocycles. The second kappa shape index (κ2) is 8.75. The van der Waals surface area contributed by atoms with Gasteiger partial charge in [0, 0.05) is 49.9 Å². The van der Waals surface area contributed by atoms with E-state index >= 15 is 0 Å². The van der Waals surface area contributed by atoms with Crippen LogP contribution in [0.4, 0.5) is 0 Å². The molecule has 2 aromatic heterocycles. The van der Waals surface area contributed by atoms with E-state index in [4.69, 9.17) is 9.72 Å². The van der Waals surface area contributed by atoms with Gasteiger partial charge < -0.3 is 9.64 Å². The van der Waals surface area contributed by atoms with Gasteiger partial charge >= 0.3 is 0 Å². The molecule has 1 amide bonds. The number of fused-ring (bicyclic) bond motifs is 3. The summed E-state index contributed by atoms with van der Waals surface area (Å²) in [5, 5.41) is 4.65. The van der Waals surface area contributed by atoms with Gasteiger partial charge in [0.2, 0.25) is 0 Å². The lowest BCUT2D eigenvalue weighted by atomic mass is 9.90. The number of nitrogens with zero attached hydrogens (tertiary/aromatic N) is 6. The van der Waals surface area contributed by atoms with Crippen LogP contribution in [-0.2, 0) is 12.8 Å². The molecular weight excluding hydrogens is 440 g/mol. The van der Waals surface area contributed by atoms with Gasteiger partial charge in [-0.05, 0) is 68.9 Å². The first-order valence-corrected chi connectivity index (χ1v) is 12.7. The smallest absolute Gasteiger partial charge is 0.257 e. The summed E-state index contributed by atoms with van der Waals surface area (Å²) >= 11 is 0. The second-order valence-corrected chi connectivity index (χ2v) is 10.1. The van der Waals surface area contributed by atoms with E-state index in [2.05, 4.69) is 41.0 Å². The lowest BCUT2D eigenvalue weighted by Gasteiger charge is -2.36. The molecule has 3 aliphatic rings. The fourth-order valence-corrected chi connectivity index (χ4v) is 5.36. The number of rotatable bonds is 5. The topological polar surface area (TPSA) is 76.4 Å². The van der Waals surface area contributed by atoms with Gasteiger partial charge in [0.1, 0.15) is 5.75 Å². The van der Waals surface area contributed by atoms with Crippen molar-refractivity contribution < 1.29 is 9.53 Å². The number of carbonyl (C=O) groups excluding carboxylic acids is 1. The molecule has 0 N–H and O–H groups in total. The minimum Gasteiger partial charge on any atom is -0.497 e. The maximum atomic E-state index is 13.5. The Balaban J connectivity index is 1.33. The maximum Gasteiger partial charge on any atom is 0.257 e. The average Bonchev–Trinajstić information content (AvgIpc) is 3.65. The molecule has 0 unspecified atom stereocenters. The van der Waals surface area contributed by atoms with Gasteiger partial charge in [-0.25, -0.2) is 14.6 Å². The molecule has 1 aliphatic heterocycles. The largest absolute Gasteiger partial charge is 0.497 e. The number of carbonyl (C=O) groups is 1. The van der Waals surface area contributed by atoms with Crippen LogP contribution >= 0.6 is 0 Å². The van der Waals surface area contributed by atoms with E-state index in [0.29, 0.717) is 23.5 Å². The van der Waals surface area contributed by atoms with Gasteiger partial charge in [0.25, 0.3) is 11.9 Å². The summed E-state index contributed by atoms with van der Waals surface area (Å²) in [5.74, 6) is 1.82. The molecule has 6 rings (SSSR count). The van der Waals surface area contributed by atoms with Gasteiger partial charge in [-0.1, -0.05) is 0 Å². The molecule has 0 radical (unpaired) electrons. The zero-order chi connectivity index (χ0) is 24.1. The van der Waals surface area contributed by atoms with E-state index in [9.17, 15) is 4.79 Å². The van der Waals surface area contributed by atoms with Crippen molar-refractivity contribution in [1.82, 2.24) is 29.5 Å². The Labute approximate surface area is 205 Å². The van der Waals surface area contributed by atoms with Crippen LogP contribution in [0.15, 0.2) is 30.6 Å². The van der Waals surface area contributed by atoms with Crippen molar-refractivity contribution in [3.05, 3.63) is 53.0 Å². The Morgan fingerprint density at radius 3 is 2.54 bits per heavy atom. The highest BCUT2D eigenvalue weighted by Gasteiger charge is 2.36. The Morgan fingerprint density at radius 2 is 1.83 bits per heavy atom. The summed E-state index contributed by atoms with van der Waals surface area (Å²) in [6.07, 6.45) is 7.64. The number of piperazine rings is 1. The number of aromatic nitrogens is 4. The Bertz CT molecular complexity index is 1270. The van der Waals surface area contributed by atoms with Crippen molar-refractivity contribution >= 4 is 5.91 Å². The highest BCUT2D eigenvalue weighted by atomic mass is 16.5. The second-order valence-electron chi connectivity index (χ2n) is 10.1. The lowest BCUT2D eigenvalue weighted by molar-refractivity contribution is 0.0594. The van der Waals surface area contributed by atoms with Crippen LogP contribution in [-0.4, -0.2) is 74.8 Å². The average molecular weight is 473 g/mol. The van der Waals surface area contributed by atoms with E-state index < -0.39 is 0 Å². The van der Waals surface area contributed by atoms with Crippen LogP contribution in [0.3, 0.4) is 0 Å². The van der Waals surface area contributed by atoms with Crippen molar-refractivity contribution in [3.8, 4) is 23.0 Å². The van der Waals surface area contributed by atoms with Crippen LogP contribution in [0.2, 0.25) is 0 Å². The normalized spacial score (nSPS) is 17.9. The standard InChI is InChI=1S/C27H32N6O2/c1-17(2)31-10-12-32(13-11-31)26(34)23-16-29-33(25(23)18-4-5-18)27-28-15-20-7-6-19-14-21(35-3)8-9-22(19)24(20)30-27/h8-9,14-18H,4-7,10-13H2,1-3H3. The van der Waals surface area contributed by atoms with E-state index in [-0.39, 0.29) is 5.91 Å². The summed E-state index contributed by atoms with van der Waals surface area (Å²) < 4.78 is 7.23. The summed E-state index contributed by atoms with van der Waals surface area (Å²) in [7, 11) is 1.69. The Morgan fingerprint density at radius 1 is 1.06 bits per heavy atom. The SMILES string of the molecule is COc1ccc2c(c1)CCc1cnc(-n3ncc(C(=O)N4CCN(C(C)C)CC4)c3C3CC3)nc1-2. The third-order valence-corrected chi connectivity index (χ3v) is 7.61. The van der Waals surface area contributed by atoms with Crippen LogP contribution in [0.5, 0.6) is 5.75 Å². The fourth-order valence-electron chi connectivity index (χ4n) is 5.36. The number of aryl methyl sites for hydroxylation is 2. The number of benzene rings is 1. The molecule has 3 aromatic rings. The number of amides is 1. The fraction of sp³-hybridized carbons (Fsp3) is 0.481.